The number of thiophene rings is 1. The summed E-state index contributed by atoms with van der Waals surface area (Å²) >= 11 is 1.41. The van der Waals surface area contributed by atoms with Gasteiger partial charge in [-0.25, -0.2) is 13.1 Å². The van der Waals surface area contributed by atoms with E-state index < -0.39 is 10.0 Å². The van der Waals surface area contributed by atoms with E-state index in [2.05, 4.69) is 11.6 Å². The van der Waals surface area contributed by atoms with Crippen molar-refractivity contribution >= 4 is 21.4 Å². The Morgan fingerprint density at radius 1 is 1.53 bits per heavy atom. The van der Waals surface area contributed by atoms with Crippen molar-refractivity contribution in [2.45, 2.75) is 44.2 Å². The van der Waals surface area contributed by atoms with Crippen LogP contribution in [0.3, 0.4) is 0 Å². The Hall–Kier alpha value is -0.430. The van der Waals surface area contributed by atoms with Gasteiger partial charge in [0.25, 0.3) is 0 Å². The molecule has 1 aromatic rings. The van der Waals surface area contributed by atoms with Gasteiger partial charge in [0, 0.05) is 17.5 Å². The maximum absolute atomic E-state index is 12.2. The lowest BCUT2D eigenvalue weighted by molar-refractivity contribution is 0.270. The molecule has 0 atom stereocenters. The van der Waals surface area contributed by atoms with Crippen molar-refractivity contribution in [2.24, 2.45) is 11.7 Å². The quantitative estimate of drug-likeness (QED) is 0.876. The Morgan fingerprint density at radius 2 is 2.18 bits per heavy atom. The van der Waals surface area contributed by atoms with Gasteiger partial charge in [0.15, 0.2) is 0 Å². The number of hydrogen-bond acceptors (Lipinski definition) is 4. The Morgan fingerprint density at radius 3 is 2.71 bits per heavy atom. The normalized spacial score (nSPS) is 24.6. The zero-order valence-corrected chi connectivity index (χ0v) is 11.7. The highest BCUT2D eigenvalue weighted by molar-refractivity contribution is 7.89. The van der Waals surface area contributed by atoms with Crippen LogP contribution in [0.25, 0.3) is 0 Å². The summed E-state index contributed by atoms with van der Waals surface area (Å²) < 4.78 is 27.3. The first-order chi connectivity index (χ1) is 7.94. The average Bonchev–Trinajstić information content (AvgIpc) is 2.57. The summed E-state index contributed by atoms with van der Waals surface area (Å²) in [5.41, 5.74) is 6.37. The SMILES string of the molecule is Cc1csc(CN)c1S(=O)(=O)NC1CC(C)C1. The van der Waals surface area contributed by atoms with Crippen LogP contribution in [-0.2, 0) is 16.6 Å². The van der Waals surface area contributed by atoms with Gasteiger partial charge in [-0.15, -0.1) is 11.3 Å². The van der Waals surface area contributed by atoms with Gasteiger partial charge in [-0.1, -0.05) is 6.92 Å². The van der Waals surface area contributed by atoms with E-state index in [4.69, 9.17) is 5.73 Å². The highest BCUT2D eigenvalue weighted by Crippen LogP contribution is 2.31. The van der Waals surface area contributed by atoms with Crippen LogP contribution in [0.5, 0.6) is 0 Å². The fraction of sp³-hybridized carbons (Fsp3) is 0.636. The van der Waals surface area contributed by atoms with Gasteiger partial charge < -0.3 is 5.73 Å². The number of rotatable bonds is 4. The monoisotopic (exact) mass is 274 g/mol. The first-order valence-corrected chi connectivity index (χ1v) is 8.09. The van der Waals surface area contributed by atoms with Gasteiger partial charge >= 0.3 is 0 Å². The molecule has 96 valence electrons. The molecule has 0 saturated heterocycles. The van der Waals surface area contributed by atoms with E-state index in [1.807, 2.05) is 12.3 Å². The zero-order chi connectivity index (χ0) is 12.6. The molecule has 0 aliphatic heterocycles. The first kappa shape index (κ1) is 13.0. The second kappa shape index (κ2) is 4.68. The van der Waals surface area contributed by atoms with Crippen molar-refractivity contribution in [3.8, 4) is 0 Å². The molecule has 0 bridgehead atoms. The smallest absolute Gasteiger partial charge is 0.242 e. The summed E-state index contributed by atoms with van der Waals surface area (Å²) in [5, 5.41) is 1.85. The topological polar surface area (TPSA) is 72.2 Å². The third kappa shape index (κ3) is 2.54. The summed E-state index contributed by atoms with van der Waals surface area (Å²) in [6.07, 6.45) is 1.86. The second-order valence-electron chi connectivity index (χ2n) is 4.77. The molecule has 1 heterocycles. The van der Waals surface area contributed by atoms with Crippen molar-refractivity contribution in [3.63, 3.8) is 0 Å². The fourth-order valence-electron chi connectivity index (χ4n) is 2.27. The summed E-state index contributed by atoms with van der Waals surface area (Å²) in [6, 6.07) is 0.0972. The maximum Gasteiger partial charge on any atom is 0.242 e. The van der Waals surface area contributed by atoms with Crippen LogP contribution in [0.4, 0.5) is 0 Å². The maximum atomic E-state index is 12.2. The van der Waals surface area contributed by atoms with Crippen LogP contribution in [0, 0.1) is 12.8 Å². The van der Waals surface area contributed by atoms with E-state index in [9.17, 15) is 8.42 Å². The molecular formula is C11H18N2O2S2. The number of nitrogens with one attached hydrogen (secondary N) is 1. The Labute approximate surface area is 106 Å². The van der Waals surface area contributed by atoms with Crippen molar-refractivity contribution in [1.82, 2.24) is 4.72 Å². The molecular weight excluding hydrogens is 256 g/mol. The third-order valence-electron chi connectivity index (χ3n) is 3.14. The number of sulfonamides is 1. The molecule has 4 nitrogen and oxygen atoms in total. The van der Waals surface area contributed by atoms with Crippen LogP contribution < -0.4 is 10.5 Å². The molecule has 2 rings (SSSR count). The van der Waals surface area contributed by atoms with E-state index in [-0.39, 0.29) is 12.6 Å². The molecule has 6 heteroatoms. The Kier molecular flexibility index (Phi) is 3.58. The van der Waals surface area contributed by atoms with Gasteiger partial charge in [-0.05, 0) is 36.6 Å². The highest BCUT2D eigenvalue weighted by Gasteiger charge is 2.31. The Balaban J connectivity index is 2.22. The number of aryl methyl sites for hydroxylation is 1. The van der Waals surface area contributed by atoms with E-state index >= 15 is 0 Å². The second-order valence-corrected chi connectivity index (χ2v) is 7.38. The van der Waals surface area contributed by atoms with E-state index in [1.165, 1.54) is 11.3 Å². The molecule has 1 aliphatic rings. The van der Waals surface area contributed by atoms with Gasteiger partial charge in [0.1, 0.15) is 4.90 Å². The molecule has 17 heavy (non-hydrogen) atoms. The zero-order valence-electron chi connectivity index (χ0n) is 10.1. The third-order valence-corrected chi connectivity index (χ3v) is 6.14. The van der Waals surface area contributed by atoms with Crippen LogP contribution in [0.2, 0.25) is 0 Å². The lowest BCUT2D eigenvalue weighted by Crippen LogP contribution is -2.43. The van der Waals surface area contributed by atoms with Crippen molar-refractivity contribution in [2.75, 3.05) is 0 Å². The molecule has 1 saturated carbocycles. The van der Waals surface area contributed by atoms with Gasteiger partial charge in [0.05, 0.1) is 0 Å². The summed E-state index contributed by atoms with van der Waals surface area (Å²) in [5.74, 6) is 0.625. The molecule has 0 radical (unpaired) electrons. The molecule has 0 aromatic carbocycles. The molecule has 0 spiro atoms. The van der Waals surface area contributed by atoms with Crippen LogP contribution >= 0.6 is 11.3 Å². The summed E-state index contributed by atoms with van der Waals surface area (Å²) in [7, 11) is -3.39. The largest absolute Gasteiger partial charge is 0.326 e. The van der Waals surface area contributed by atoms with Crippen molar-refractivity contribution < 1.29 is 8.42 Å². The fourth-order valence-corrected chi connectivity index (χ4v) is 5.23. The average molecular weight is 274 g/mol. The summed E-state index contributed by atoms with van der Waals surface area (Å²) in [6.45, 7) is 4.22. The number of nitrogens with two attached hydrogens (primary N) is 1. The Bertz CT molecular complexity index is 502. The molecule has 1 aliphatic carbocycles. The minimum atomic E-state index is -3.39. The van der Waals surface area contributed by atoms with E-state index in [1.54, 1.807) is 0 Å². The van der Waals surface area contributed by atoms with Crippen LogP contribution in [-0.4, -0.2) is 14.5 Å². The van der Waals surface area contributed by atoms with E-state index in [0.29, 0.717) is 10.8 Å². The minimum absolute atomic E-state index is 0.0972. The number of hydrogen-bond donors (Lipinski definition) is 2. The molecule has 3 N–H and O–H groups in total. The van der Waals surface area contributed by atoms with Crippen molar-refractivity contribution in [1.29, 1.82) is 0 Å². The predicted molar refractivity (Wildman–Crippen MR) is 69.5 cm³/mol. The lowest BCUT2D eigenvalue weighted by atomic mass is 9.83. The van der Waals surface area contributed by atoms with Gasteiger partial charge in [-0.3, -0.25) is 0 Å². The van der Waals surface area contributed by atoms with Crippen molar-refractivity contribution in [3.05, 3.63) is 15.8 Å². The minimum Gasteiger partial charge on any atom is -0.326 e. The predicted octanol–water partition coefficient (Wildman–Crippen LogP) is 1.59. The van der Waals surface area contributed by atoms with Crippen LogP contribution in [0.15, 0.2) is 10.3 Å². The van der Waals surface area contributed by atoms with Gasteiger partial charge in [0.2, 0.25) is 10.0 Å². The first-order valence-electron chi connectivity index (χ1n) is 5.73. The van der Waals surface area contributed by atoms with Crippen LogP contribution in [0.1, 0.15) is 30.2 Å². The standard InChI is InChI=1S/C11H18N2O2S2/c1-7-3-9(4-7)13-17(14,15)11-8(2)6-16-10(11)5-12/h6-7,9,13H,3-5,12H2,1-2H3. The molecule has 1 fully saturated rings. The molecule has 0 unspecified atom stereocenters. The molecule has 1 aromatic heterocycles. The highest BCUT2D eigenvalue weighted by atomic mass is 32.2. The molecule has 0 amide bonds. The lowest BCUT2D eigenvalue weighted by Gasteiger charge is -2.33. The van der Waals surface area contributed by atoms with Gasteiger partial charge in [-0.2, -0.15) is 0 Å². The van der Waals surface area contributed by atoms with E-state index in [0.717, 1.165) is 23.3 Å². The summed E-state index contributed by atoms with van der Waals surface area (Å²) in [4.78, 5) is 1.13.